The Bertz CT molecular complexity index is 603. The molecule has 0 N–H and O–H groups in total. The van der Waals surface area contributed by atoms with Crippen LogP contribution < -0.4 is 0 Å². The van der Waals surface area contributed by atoms with Crippen LogP contribution in [0.4, 0.5) is 0 Å². The molecule has 2 aromatic rings. The van der Waals surface area contributed by atoms with Crippen molar-refractivity contribution in [2.75, 3.05) is 0 Å². The molecule has 15 heavy (non-hydrogen) atoms. The van der Waals surface area contributed by atoms with Crippen LogP contribution in [0.2, 0.25) is 0 Å². The number of aryl methyl sites for hydroxylation is 1. The number of aromatic nitrogens is 1. The first-order chi connectivity index (χ1) is 7.00. The van der Waals surface area contributed by atoms with Gasteiger partial charge in [0.2, 0.25) is 0 Å². The molecule has 2 rings (SSSR count). The molecule has 0 bridgehead atoms. The summed E-state index contributed by atoms with van der Waals surface area (Å²) in [4.78, 5) is 3.77. The van der Waals surface area contributed by atoms with Gasteiger partial charge in [-0.15, -0.1) is 0 Å². The summed E-state index contributed by atoms with van der Waals surface area (Å²) in [5.74, 6) is 0. The average Bonchev–Trinajstić information content (AvgIpc) is 2.59. The first-order valence-corrected chi connectivity index (χ1v) is 6.66. The van der Waals surface area contributed by atoms with Crippen molar-refractivity contribution in [3.63, 3.8) is 0 Å². The van der Waals surface area contributed by atoms with Crippen LogP contribution in [0.1, 0.15) is 12.5 Å². The molecule has 4 nitrogen and oxygen atoms in total. The minimum Gasteiger partial charge on any atom is -0.427 e. The van der Waals surface area contributed by atoms with Gasteiger partial charge in [0.05, 0.1) is 0 Å². The summed E-state index contributed by atoms with van der Waals surface area (Å²) in [7, 11) is 1.23. The van der Waals surface area contributed by atoms with Gasteiger partial charge in [0.1, 0.15) is 5.52 Å². The summed E-state index contributed by atoms with van der Waals surface area (Å²) in [5.41, 5.74) is 1.98. The molecule has 1 aromatic heterocycles. The molecule has 0 aliphatic carbocycles. The smallest absolute Gasteiger partial charge is 0.332 e. The second-order valence-corrected chi connectivity index (χ2v) is 5.52. The molecule has 0 amide bonds. The number of hydrogen-bond donors (Lipinski definition) is 0. The highest BCUT2D eigenvalue weighted by atomic mass is 35.7. The van der Waals surface area contributed by atoms with Crippen molar-refractivity contribution in [3.05, 3.63) is 23.8 Å². The van der Waals surface area contributed by atoms with E-state index in [1.54, 1.807) is 12.1 Å². The van der Waals surface area contributed by atoms with Crippen molar-refractivity contribution in [2.24, 2.45) is 0 Å². The molecule has 0 spiro atoms. The SMILES string of the molecule is CCc1ccc2nc(S(=O)(=O)Cl)oc2c1. The third kappa shape index (κ3) is 1.98. The summed E-state index contributed by atoms with van der Waals surface area (Å²) in [6, 6.07) is 5.34. The Kier molecular flexibility index (Phi) is 2.44. The molecule has 0 atom stereocenters. The van der Waals surface area contributed by atoms with E-state index in [0.717, 1.165) is 12.0 Å². The number of rotatable bonds is 2. The molecule has 0 saturated carbocycles. The van der Waals surface area contributed by atoms with Gasteiger partial charge in [-0.2, -0.15) is 4.98 Å². The molecule has 6 heteroatoms. The van der Waals surface area contributed by atoms with Crippen LogP contribution in [0.15, 0.2) is 27.8 Å². The molecule has 1 aromatic carbocycles. The van der Waals surface area contributed by atoms with Crippen molar-refractivity contribution in [3.8, 4) is 0 Å². The molecule has 0 fully saturated rings. The van der Waals surface area contributed by atoms with Crippen LogP contribution >= 0.6 is 10.7 Å². The Morgan fingerprint density at radius 3 is 2.80 bits per heavy atom. The first-order valence-electron chi connectivity index (χ1n) is 4.35. The highest BCUT2D eigenvalue weighted by molar-refractivity contribution is 8.13. The van der Waals surface area contributed by atoms with E-state index in [-0.39, 0.29) is 0 Å². The molecule has 0 unspecified atom stereocenters. The largest absolute Gasteiger partial charge is 0.427 e. The number of oxazole rings is 1. The fourth-order valence-corrected chi connectivity index (χ4v) is 1.87. The van der Waals surface area contributed by atoms with E-state index < -0.39 is 14.3 Å². The molecular formula is C9H8ClNO3S. The lowest BCUT2D eigenvalue weighted by atomic mass is 10.2. The fourth-order valence-electron chi connectivity index (χ4n) is 1.27. The Labute approximate surface area is 91.3 Å². The summed E-state index contributed by atoms with van der Waals surface area (Å²) < 4.78 is 27.0. The van der Waals surface area contributed by atoms with E-state index in [1.165, 1.54) is 0 Å². The van der Waals surface area contributed by atoms with E-state index in [0.29, 0.717) is 11.1 Å². The summed E-state index contributed by atoms with van der Waals surface area (Å²) in [6.45, 7) is 2.00. The number of halogens is 1. The third-order valence-corrected chi connectivity index (χ3v) is 3.04. The van der Waals surface area contributed by atoms with Gasteiger partial charge in [-0.3, -0.25) is 0 Å². The van der Waals surface area contributed by atoms with Gasteiger partial charge in [0, 0.05) is 10.7 Å². The van der Waals surface area contributed by atoms with Gasteiger partial charge in [0.15, 0.2) is 5.58 Å². The third-order valence-electron chi connectivity index (χ3n) is 2.05. The van der Waals surface area contributed by atoms with E-state index in [4.69, 9.17) is 15.1 Å². The topological polar surface area (TPSA) is 60.2 Å². The lowest BCUT2D eigenvalue weighted by Gasteiger charge is -1.92. The molecule has 0 aliphatic rings. The Hall–Kier alpha value is -1.07. The van der Waals surface area contributed by atoms with E-state index in [2.05, 4.69) is 4.98 Å². The Morgan fingerprint density at radius 2 is 2.20 bits per heavy atom. The van der Waals surface area contributed by atoms with Crippen LogP contribution in [0.5, 0.6) is 0 Å². The minimum absolute atomic E-state index is 0.438. The number of benzene rings is 1. The van der Waals surface area contributed by atoms with Gasteiger partial charge in [0.25, 0.3) is 0 Å². The van der Waals surface area contributed by atoms with Crippen molar-refractivity contribution in [2.45, 2.75) is 18.6 Å². The molecule has 80 valence electrons. The van der Waals surface area contributed by atoms with Crippen LogP contribution in [-0.4, -0.2) is 13.4 Å². The maximum atomic E-state index is 11.0. The van der Waals surface area contributed by atoms with Gasteiger partial charge in [-0.25, -0.2) is 8.42 Å². The highest BCUT2D eigenvalue weighted by Gasteiger charge is 2.18. The van der Waals surface area contributed by atoms with E-state index in [1.807, 2.05) is 13.0 Å². The van der Waals surface area contributed by atoms with Gasteiger partial charge in [-0.05, 0) is 24.1 Å². The van der Waals surface area contributed by atoms with Crippen LogP contribution in [0, 0.1) is 0 Å². The summed E-state index contributed by atoms with van der Waals surface area (Å²) in [5, 5.41) is -0.451. The lowest BCUT2D eigenvalue weighted by molar-refractivity contribution is 0.464. The highest BCUT2D eigenvalue weighted by Crippen LogP contribution is 2.22. The second-order valence-electron chi connectivity index (χ2n) is 3.07. The van der Waals surface area contributed by atoms with E-state index >= 15 is 0 Å². The van der Waals surface area contributed by atoms with Crippen molar-refractivity contribution in [1.29, 1.82) is 0 Å². The second kappa shape index (κ2) is 3.50. The molecule has 0 aliphatic heterocycles. The maximum absolute atomic E-state index is 11.0. The standard InChI is InChI=1S/C9H8ClNO3S/c1-2-6-3-4-7-8(5-6)14-9(11-7)15(10,12)13/h3-5H,2H2,1H3. The summed E-state index contributed by atoms with van der Waals surface area (Å²) >= 11 is 0. The first kappa shape index (κ1) is 10.4. The van der Waals surface area contributed by atoms with Crippen LogP contribution in [-0.2, 0) is 15.5 Å². The molecule has 1 heterocycles. The number of fused-ring (bicyclic) bond motifs is 1. The van der Waals surface area contributed by atoms with Crippen LogP contribution in [0.25, 0.3) is 11.1 Å². The summed E-state index contributed by atoms with van der Waals surface area (Å²) in [6.07, 6.45) is 0.847. The quantitative estimate of drug-likeness (QED) is 0.762. The minimum atomic E-state index is -3.89. The maximum Gasteiger partial charge on any atom is 0.332 e. The monoisotopic (exact) mass is 245 g/mol. The normalized spacial score (nSPS) is 12.1. The molecular weight excluding hydrogens is 238 g/mol. The van der Waals surface area contributed by atoms with Gasteiger partial charge < -0.3 is 4.42 Å². The molecule has 0 radical (unpaired) electrons. The van der Waals surface area contributed by atoms with E-state index in [9.17, 15) is 8.42 Å². The number of nitrogens with zero attached hydrogens (tertiary/aromatic N) is 1. The van der Waals surface area contributed by atoms with Crippen LogP contribution in [0.3, 0.4) is 0 Å². The number of hydrogen-bond acceptors (Lipinski definition) is 4. The predicted octanol–water partition coefficient (Wildman–Crippen LogP) is 2.32. The predicted molar refractivity (Wildman–Crippen MR) is 56.4 cm³/mol. The Morgan fingerprint density at radius 1 is 1.47 bits per heavy atom. The Balaban J connectivity index is 2.66. The lowest BCUT2D eigenvalue weighted by Crippen LogP contribution is -1.88. The fraction of sp³-hybridized carbons (Fsp3) is 0.222. The zero-order valence-electron chi connectivity index (χ0n) is 7.90. The van der Waals surface area contributed by atoms with Crippen molar-refractivity contribution in [1.82, 2.24) is 4.98 Å². The van der Waals surface area contributed by atoms with Gasteiger partial charge in [-0.1, -0.05) is 13.0 Å². The zero-order valence-corrected chi connectivity index (χ0v) is 9.47. The van der Waals surface area contributed by atoms with Gasteiger partial charge >= 0.3 is 14.3 Å². The van der Waals surface area contributed by atoms with Crippen molar-refractivity contribution < 1.29 is 12.8 Å². The molecule has 0 saturated heterocycles. The zero-order chi connectivity index (χ0) is 11.1. The average molecular weight is 246 g/mol. The van der Waals surface area contributed by atoms with Crippen molar-refractivity contribution >= 4 is 30.8 Å².